The highest BCUT2D eigenvalue weighted by atomic mass is 79.9. The van der Waals surface area contributed by atoms with E-state index in [1.807, 2.05) is 0 Å². The first-order valence-corrected chi connectivity index (χ1v) is 21.2. The maximum atomic E-state index is 8.12. The molecule has 0 N–H and O–H groups in total. The van der Waals surface area contributed by atoms with E-state index in [9.17, 15) is 0 Å². The second-order valence-electron chi connectivity index (χ2n) is 15.5. The van der Waals surface area contributed by atoms with Crippen molar-refractivity contribution in [3.63, 3.8) is 0 Å². The van der Waals surface area contributed by atoms with Gasteiger partial charge in [-0.15, -0.1) is 0 Å². The first-order valence-electron chi connectivity index (χ1n) is 20.1. The van der Waals surface area contributed by atoms with Crippen LogP contribution in [-0.4, -0.2) is 22.2 Å². The van der Waals surface area contributed by atoms with Crippen molar-refractivity contribution in [1.29, 1.82) is 0 Å². The highest BCUT2D eigenvalue weighted by Crippen LogP contribution is 2.48. The van der Waals surface area contributed by atoms with Crippen LogP contribution < -0.4 is 0 Å². The van der Waals surface area contributed by atoms with Crippen molar-refractivity contribution in [1.82, 2.24) is 4.57 Å². The summed E-state index contributed by atoms with van der Waals surface area (Å²) in [6.07, 6.45) is 17.7. The zero-order valence-electron chi connectivity index (χ0n) is 32.3. The van der Waals surface area contributed by atoms with E-state index >= 15 is 0 Å². The molecule has 0 atom stereocenters. The smallest absolute Gasteiger partial charge is 0.340 e. The molecule has 9 rings (SSSR count). The SMILES string of the molecule is Cc1ccc2c(C3CCCCC3)c3n(c2c1)CCc1ccccc1-3.Cc1ccc2c(c1)CC(c1ccccc1CCBr)=C2C1CCCCC1.O=C=O.O=C=O. The number of carbonyl (C=O) groups excluding carboxylic acids is 4. The normalized spacial score (nSPS) is 16.1. The van der Waals surface area contributed by atoms with E-state index < -0.39 is 0 Å². The number of benzene rings is 4. The zero-order valence-corrected chi connectivity index (χ0v) is 33.9. The fourth-order valence-electron chi connectivity index (χ4n) is 9.83. The van der Waals surface area contributed by atoms with E-state index in [0.717, 1.165) is 43.0 Å². The number of rotatable bonds is 5. The molecule has 6 heteroatoms. The van der Waals surface area contributed by atoms with Gasteiger partial charge in [0.15, 0.2) is 0 Å². The molecule has 0 radical (unpaired) electrons. The van der Waals surface area contributed by atoms with Crippen molar-refractivity contribution < 1.29 is 19.2 Å². The molecule has 5 aromatic rings. The second-order valence-corrected chi connectivity index (χ2v) is 16.3. The van der Waals surface area contributed by atoms with E-state index in [1.165, 1.54) is 114 Å². The Hall–Kier alpha value is -4.60. The molecule has 2 heterocycles. The minimum absolute atomic E-state index is 0.250. The Morgan fingerprint density at radius 2 is 1.25 bits per heavy atom. The minimum Gasteiger partial charge on any atom is -0.340 e. The van der Waals surface area contributed by atoms with Crippen LogP contribution in [0, 0.1) is 19.8 Å². The maximum absolute atomic E-state index is 8.12. The number of allylic oxidation sites excluding steroid dienone is 2. The number of aryl methyl sites for hydroxylation is 5. The Bertz CT molecular complexity index is 2190. The molecule has 0 amide bonds. The number of alkyl halides is 1. The van der Waals surface area contributed by atoms with Gasteiger partial charge < -0.3 is 4.57 Å². The van der Waals surface area contributed by atoms with Gasteiger partial charge in [0.1, 0.15) is 0 Å². The number of aromatic nitrogens is 1. The monoisotopic (exact) mass is 797 g/mol. The van der Waals surface area contributed by atoms with Gasteiger partial charge in [-0.3, -0.25) is 0 Å². The molecule has 4 aromatic carbocycles. The van der Waals surface area contributed by atoms with Crippen LogP contribution in [0.25, 0.3) is 33.3 Å². The van der Waals surface area contributed by atoms with E-state index in [1.54, 1.807) is 27.8 Å². The highest BCUT2D eigenvalue weighted by molar-refractivity contribution is 9.09. The third-order valence-corrected chi connectivity index (χ3v) is 12.5. The molecule has 5 nitrogen and oxygen atoms in total. The molecule has 1 aliphatic heterocycles. The summed E-state index contributed by atoms with van der Waals surface area (Å²) in [5, 5.41) is 2.54. The van der Waals surface area contributed by atoms with Crippen LogP contribution in [-0.2, 0) is 45.0 Å². The van der Waals surface area contributed by atoms with Gasteiger partial charge in [-0.05, 0) is 127 Å². The number of hydrogen-bond acceptors (Lipinski definition) is 4. The van der Waals surface area contributed by atoms with Gasteiger partial charge >= 0.3 is 12.3 Å². The number of fused-ring (bicyclic) bond motifs is 6. The lowest BCUT2D eigenvalue weighted by molar-refractivity contribution is -0.193. The van der Waals surface area contributed by atoms with Gasteiger partial charge in [0.2, 0.25) is 0 Å². The third kappa shape index (κ3) is 8.94. The largest absolute Gasteiger partial charge is 0.373 e. The zero-order chi connectivity index (χ0) is 38.7. The lowest BCUT2D eigenvalue weighted by Gasteiger charge is -2.26. The molecule has 0 unspecified atom stereocenters. The summed E-state index contributed by atoms with van der Waals surface area (Å²) in [6, 6.07) is 32.4. The van der Waals surface area contributed by atoms with Gasteiger partial charge in [0.25, 0.3) is 0 Å². The van der Waals surface area contributed by atoms with Crippen molar-refractivity contribution >= 4 is 50.3 Å². The van der Waals surface area contributed by atoms with Gasteiger partial charge in [0, 0.05) is 28.3 Å². The number of nitrogens with zero attached hydrogens (tertiary/aromatic N) is 1. The lowest BCUT2D eigenvalue weighted by Crippen LogP contribution is -2.13. The van der Waals surface area contributed by atoms with E-state index in [0.29, 0.717) is 0 Å². The second kappa shape index (κ2) is 19.3. The molecule has 1 aromatic heterocycles. The third-order valence-electron chi connectivity index (χ3n) is 12.1. The van der Waals surface area contributed by atoms with Crippen LogP contribution in [0.2, 0.25) is 0 Å². The average Bonchev–Trinajstić information content (AvgIpc) is 3.75. The summed E-state index contributed by atoms with van der Waals surface area (Å²) in [6.45, 7) is 5.56. The first kappa shape index (κ1) is 40.1. The van der Waals surface area contributed by atoms with Crippen LogP contribution in [0.5, 0.6) is 0 Å². The molecule has 4 aliphatic rings. The summed E-state index contributed by atoms with van der Waals surface area (Å²) >= 11 is 3.64. The summed E-state index contributed by atoms with van der Waals surface area (Å²) in [5.41, 5.74) is 19.8. The van der Waals surface area contributed by atoms with Crippen LogP contribution in [0.1, 0.15) is 115 Å². The van der Waals surface area contributed by atoms with Crippen molar-refractivity contribution in [3.05, 3.63) is 129 Å². The quantitative estimate of drug-likeness (QED) is 0.166. The Labute approximate surface area is 334 Å². The molecule has 3 aliphatic carbocycles. The average molecular weight is 799 g/mol. The summed E-state index contributed by atoms with van der Waals surface area (Å²) in [5.74, 6) is 1.50. The predicted octanol–water partition coefficient (Wildman–Crippen LogP) is 12.0. The molecule has 2 saturated carbocycles. The fraction of sp³-hybridized carbons (Fsp3) is 0.388. The molecule has 2 fully saturated rings. The fourth-order valence-corrected chi connectivity index (χ4v) is 10.3. The van der Waals surface area contributed by atoms with Crippen molar-refractivity contribution in [3.8, 4) is 11.3 Å². The Morgan fingerprint density at radius 3 is 1.95 bits per heavy atom. The summed E-state index contributed by atoms with van der Waals surface area (Å²) in [4.78, 5) is 32.5. The van der Waals surface area contributed by atoms with E-state index in [4.69, 9.17) is 19.2 Å². The molecule has 284 valence electrons. The Morgan fingerprint density at radius 1 is 0.655 bits per heavy atom. The Balaban J connectivity index is 0.000000164. The molecular formula is C49H52BrNO4. The highest BCUT2D eigenvalue weighted by Gasteiger charge is 2.31. The van der Waals surface area contributed by atoms with Crippen LogP contribution in [0.3, 0.4) is 0 Å². The lowest BCUT2D eigenvalue weighted by atomic mass is 9.79. The van der Waals surface area contributed by atoms with Crippen molar-refractivity contribution in [2.75, 3.05) is 5.33 Å². The van der Waals surface area contributed by atoms with Gasteiger partial charge in [0.05, 0.1) is 5.69 Å². The predicted molar refractivity (Wildman–Crippen MR) is 224 cm³/mol. The Kier molecular flexibility index (Phi) is 14.1. The standard InChI is InChI=1S/C24H27Br.C23H25N.2CO2/c1-17-11-12-22-20(15-17)16-23(24(22)19-8-3-2-4-9-19)21-10-6-5-7-18(21)13-14-25;1-16-11-12-20-21(15-16)24-14-13-17-7-5-6-10-19(17)23(24)22(20)18-8-3-2-4-9-18;2*2-1-3/h5-7,10-12,15,19H,2-4,8-9,13-14,16H2,1H3;5-7,10-12,15,18H,2-4,8-9,13-14H2,1H3;;. The summed E-state index contributed by atoms with van der Waals surface area (Å²) < 4.78 is 2.62. The number of hydrogen-bond donors (Lipinski definition) is 0. The van der Waals surface area contributed by atoms with Gasteiger partial charge in [-0.25, -0.2) is 0 Å². The van der Waals surface area contributed by atoms with Crippen LogP contribution in [0.4, 0.5) is 0 Å². The van der Waals surface area contributed by atoms with Gasteiger partial charge in [-0.2, -0.15) is 19.2 Å². The van der Waals surface area contributed by atoms with Crippen molar-refractivity contribution in [2.45, 2.75) is 110 Å². The number of halogens is 1. The topological polar surface area (TPSA) is 73.2 Å². The molecule has 0 saturated heterocycles. The van der Waals surface area contributed by atoms with Crippen molar-refractivity contribution in [2.24, 2.45) is 5.92 Å². The van der Waals surface area contributed by atoms with Crippen LogP contribution in [0.15, 0.2) is 84.9 Å². The first-order chi connectivity index (χ1) is 26.9. The molecular weight excluding hydrogens is 746 g/mol. The molecule has 55 heavy (non-hydrogen) atoms. The summed E-state index contributed by atoms with van der Waals surface area (Å²) in [7, 11) is 0. The minimum atomic E-state index is 0.250. The van der Waals surface area contributed by atoms with Gasteiger partial charge in [-0.1, -0.05) is 139 Å². The molecule has 0 bridgehead atoms. The maximum Gasteiger partial charge on any atom is 0.373 e. The van der Waals surface area contributed by atoms with Crippen LogP contribution >= 0.6 is 15.9 Å². The molecule has 0 spiro atoms. The van der Waals surface area contributed by atoms with E-state index in [-0.39, 0.29) is 12.3 Å². The van der Waals surface area contributed by atoms with E-state index in [2.05, 4.69) is 119 Å².